The first-order valence-electron chi connectivity index (χ1n) is 8.36. The average Bonchev–Trinajstić information content (AvgIpc) is 3.05. The highest BCUT2D eigenvalue weighted by molar-refractivity contribution is 6.32. The Kier molecular flexibility index (Phi) is 4.62. The summed E-state index contributed by atoms with van der Waals surface area (Å²) in [5, 5.41) is 6.88. The van der Waals surface area contributed by atoms with Gasteiger partial charge in [0.25, 0.3) is 0 Å². The highest BCUT2D eigenvalue weighted by Crippen LogP contribution is 2.29. The molecule has 0 spiro atoms. The molecule has 2 heterocycles. The molecule has 0 saturated heterocycles. The lowest BCUT2D eigenvalue weighted by atomic mass is 10.2. The molecule has 2 aromatic carbocycles. The van der Waals surface area contributed by atoms with Gasteiger partial charge in [-0.1, -0.05) is 11.6 Å². The van der Waals surface area contributed by atoms with E-state index < -0.39 is 5.76 Å². The summed E-state index contributed by atoms with van der Waals surface area (Å²) >= 11 is 6.06. The third-order valence-electron chi connectivity index (χ3n) is 4.06. The van der Waals surface area contributed by atoms with Crippen LogP contribution < -0.4 is 21.1 Å². The first-order chi connectivity index (χ1) is 13.5. The number of oxazole rings is 1. The lowest BCUT2D eigenvalue weighted by Crippen LogP contribution is -2.03. The highest BCUT2D eigenvalue weighted by atomic mass is 35.5. The number of aromatic nitrogens is 3. The maximum Gasteiger partial charge on any atom is 0.417 e. The zero-order valence-electron chi connectivity index (χ0n) is 15.0. The van der Waals surface area contributed by atoms with Gasteiger partial charge in [0.05, 0.1) is 17.6 Å². The van der Waals surface area contributed by atoms with Gasteiger partial charge in [-0.25, -0.2) is 9.78 Å². The van der Waals surface area contributed by atoms with Gasteiger partial charge in [-0.3, -0.25) is 4.98 Å². The van der Waals surface area contributed by atoms with E-state index in [1.165, 1.54) is 0 Å². The van der Waals surface area contributed by atoms with Crippen molar-refractivity contribution < 1.29 is 9.15 Å². The molecule has 0 aliphatic carbocycles. The predicted octanol–water partition coefficient (Wildman–Crippen LogP) is 4.37. The molecule has 4 aromatic rings. The van der Waals surface area contributed by atoms with Crippen LogP contribution in [-0.4, -0.2) is 22.1 Å². The first-order valence-corrected chi connectivity index (χ1v) is 8.74. The Hall–Kier alpha value is -3.52. The lowest BCUT2D eigenvalue weighted by Gasteiger charge is -2.12. The van der Waals surface area contributed by atoms with Gasteiger partial charge < -0.3 is 19.8 Å². The van der Waals surface area contributed by atoms with E-state index in [4.69, 9.17) is 20.8 Å². The SMILES string of the molecule is COc1cc(Nc2ncc(C)c(Nc3ccc4oc(=O)[nH]c4c3)n2)ccc1Cl. The van der Waals surface area contributed by atoms with Gasteiger partial charge in [0.15, 0.2) is 5.58 Å². The van der Waals surface area contributed by atoms with Crippen LogP contribution in [0.2, 0.25) is 5.02 Å². The molecule has 3 N–H and O–H groups in total. The van der Waals surface area contributed by atoms with E-state index in [1.807, 2.05) is 13.0 Å². The molecule has 0 amide bonds. The molecular formula is C19H16ClN5O3. The van der Waals surface area contributed by atoms with Gasteiger partial charge in [-0.15, -0.1) is 0 Å². The van der Waals surface area contributed by atoms with Gasteiger partial charge in [-0.2, -0.15) is 4.98 Å². The number of hydrogen-bond acceptors (Lipinski definition) is 7. The summed E-state index contributed by atoms with van der Waals surface area (Å²) in [6, 6.07) is 10.6. The van der Waals surface area contributed by atoms with Crippen LogP contribution in [0.3, 0.4) is 0 Å². The Morgan fingerprint density at radius 2 is 1.93 bits per heavy atom. The number of benzene rings is 2. The summed E-state index contributed by atoms with van der Waals surface area (Å²) in [6.07, 6.45) is 1.71. The summed E-state index contributed by atoms with van der Waals surface area (Å²) in [7, 11) is 1.56. The van der Waals surface area contributed by atoms with E-state index in [1.54, 1.807) is 43.6 Å². The Morgan fingerprint density at radius 1 is 1.14 bits per heavy atom. The van der Waals surface area contributed by atoms with Crippen LogP contribution in [0.5, 0.6) is 5.75 Å². The number of nitrogens with one attached hydrogen (secondary N) is 3. The molecule has 4 rings (SSSR count). The number of fused-ring (bicyclic) bond motifs is 1. The normalized spacial score (nSPS) is 10.8. The summed E-state index contributed by atoms with van der Waals surface area (Å²) in [4.78, 5) is 22.8. The van der Waals surface area contributed by atoms with Crippen molar-refractivity contribution in [1.29, 1.82) is 0 Å². The number of halogens is 1. The van der Waals surface area contributed by atoms with Crippen molar-refractivity contribution in [3.8, 4) is 5.75 Å². The second-order valence-corrected chi connectivity index (χ2v) is 6.46. The molecule has 0 fully saturated rings. The number of ether oxygens (including phenoxy) is 1. The molecule has 0 radical (unpaired) electrons. The monoisotopic (exact) mass is 397 g/mol. The van der Waals surface area contributed by atoms with Gasteiger partial charge >= 0.3 is 5.76 Å². The summed E-state index contributed by atoms with van der Waals surface area (Å²) in [6.45, 7) is 1.90. The zero-order valence-corrected chi connectivity index (χ0v) is 15.8. The fourth-order valence-electron chi connectivity index (χ4n) is 2.66. The molecule has 142 valence electrons. The number of methoxy groups -OCH3 is 1. The minimum atomic E-state index is -0.491. The summed E-state index contributed by atoms with van der Waals surface area (Å²) in [5.74, 6) is 1.11. The molecule has 0 bridgehead atoms. The molecule has 0 aliphatic heterocycles. The molecule has 2 aromatic heterocycles. The van der Waals surface area contributed by atoms with Crippen molar-refractivity contribution in [3.05, 3.63) is 63.7 Å². The molecule has 9 heteroatoms. The van der Waals surface area contributed by atoms with Crippen LogP contribution in [0.25, 0.3) is 11.1 Å². The fraction of sp³-hybridized carbons (Fsp3) is 0.105. The maximum atomic E-state index is 11.3. The molecule has 0 unspecified atom stereocenters. The van der Waals surface area contributed by atoms with E-state index in [2.05, 4.69) is 25.6 Å². The lowest BCUT2D eigenvalue weighted by molar-refractivity contribution is 0.415. The van der Waals surface area contributed by atoms with E-state index >= 15 is 0 Å². The molecule has 0 atom stereocenters. The number of hydrogen-bond donors (Lipinski definition) is 3. The maximum absolute atomic E-state index is 11.3. The van der Waals surface area contributed by atoms with E-state index in [-0.39, 0.29) is 0 Å². The van der Waals surface area contributed by atoms with Crippen molar-refractivity contribution in [1.82, 2.24) is 15.0 Å². The third kappa shape index (κ3) is 3.63. The molecule has 0 aliphatic rings. The quantitative estimate of drug-likeness (QED) is 0.459. The minimum Gasteiger partial charge on any atom is -0.495 e. The smallest absolute Gasteiger partial charge is 0.417 e. The Morgan fingerprint density at radius 3 is 2.75 bits per heavy atom. The van der Waals surface area contributed by atoms with E-state index in [9.17, 15) is 4.79 Å². The second kappa shape index (κ2) is 7.24. The standard InChI is InChI=1S/C19H16ClN5O3/c1-10-9-21-18(23-12-3-5-13(20)16(8-12)27-2)25-17(10)22-11-4-6-15-14(7-11)24-19(26)28-15/h3-9H,1-2H3,(H,24,26)(H2,21,22,23,25). The van der Waals surface area contributed by atoms with Gasteiger partial charge in [0, 0.05) is 29.2 Å². The third-order valence-corrected chi connectivity index (χ3v) is 4.37. The average molecular weight is 398 g/mol. The van der Waals surface area contributed by atoms with Crippen molar-refractivity contribution in [2.24, 2.45) is 0 Å². The zero-order chi connectivity index (χ0) is 19.7. The Labute approximate surface area is 164 Å². The minimum absolute atomic E-state index is 0.412. The molecule has 8 nitrogen and oxygen atoms in total. The van der Waals surface area contributed by atoms with Gasteiger partial charge in [0.1, 0.15) is 11.6 Å². The number of aryl methyl sites for hydroxylation is 1. The van der Waals surface area contributed by atoms with Crippen LogP contribution in [-0.2, 0) is 0 Å². The predicted molar refractivity (Wildman–Crippen MR) is 108 cm³/mol. The number of anilines is 4. The van der Waals surface area contributed by atoms with E-state index in [0.29, 0.717) is 33.6 Å². The number of H-pyrrole nitrogens is 1. The van der Waals surface area contributed by atoms with Crippen LogP contribution in [0.1, 0.15) is 5.56 Å². The van der Waals surface area contributed by atoms with Gasteiger partial charge in [-0.05, 0) is 37.3 Å². The molecular weight excluding hydrogens is 382 g/mol. The summed E-state index contributed by atoms with van der Waals surface area (Å²) in [5.41, 5.74) is 3.46. The van der Waals surface area contributed by atoms with Crippen LogP contribution in [0, 0.1) is 6.92 Å². The largest absolute Gasteiger partial charge is 0.495 e. The molecule has 0 saturated carbocycles. The fourth-order valence-corrected chi connectivity index (χ4v) is 2.86. The van der Waals surface area contributed by atoms with Crippen LogP contribution in [0.4, 0.5) is 23.1 Å². The second-order valence-electron chi connectivity index (χ2n) is 6.05. The van der Waals surface area contributed by atoms with Crippen molar-refractivity contribution in [2.75, 3.05) is 17.7 Å². The molecule has 28 heavy (non-hydrogen) atoms. The Balaban J connectivity index is 1.60. The van der Waals surface area contributed by atoms with Crippen LogP contribution in [0.15, 0.2) is 51.8 Å². The van der Waals surface area contributed by atoms with Crippen LogP contribution >= 0.6 is 11.6 Å². The highest BCUT2D eigenvalue weighted by Gasteiger charge is 2.08. The van der Waals surface area contributed by atoms with Crippen molar-refractivity contribution in [2.45, 2.75) is 6.92 Å². The Bertz CT molecular complexity index is 1220. The first kappa shape index (κ1) is 17.9. The van der Waals surface area contributed by atoms with Gasteiger partial charge in [0.2, 0.25) is 5.95 Å². The number of aromatic amines is 1. The number of nitrogens with zero attached hydrogens (tertiary/aromatic N) is 2. The topological polar surface area (TPSA) is 105 Å². The van der Waals surface area contributed by atoms with Crippen molar-refractivity contribution in [3.63, 3.8) is 0 Å². The number of rotatable bonds is 5. The summed E-state index contributed by atoms with van der Waals surface area (Å²) < 4.78 is 10.2. The van der Waals surface area contributed by atoms with Crippen molar-refractivity contribution >= 4 is 45.8 Å². The van der Waals surface area contributed by atoms with E-state index in [0.717, 1.165) is 16.9 Å².